The zero-order chi connectivity index (χ0) is 23.4. The molecule has 5 atom stereocenters. The number of phenols is 3. The lowest BCUT2D eigenvalue weighted by Gasteiger charge is -2.39. The Morgan fingerprint density at radius 1 is 0.938 bits per heavy atom. The van der Waals surface area contributed by atoms with Gasteiger partial charge in [-0.1, -0.05) is 12.1 Å². The van der Waals surface area contributed by atoms with E-state index in [1.807, 2.05) is 0 Å². The van der Waals surface area contributed by atoms with Crippen molar-refractivity contribution >= 4 is 5.97 Å². The summed E-state index contributed by atoms with van der Waals surface area (Å²) in [5.74, 6) is -2.98. The Hall–Kier alpha value is -3.09. The summed E-state index contributed by atoms with van der Waals surface area (Å²) in [7, 11) is 0. The number of carbonyl (C=O) groups is 1. The maximum absolute atomic E-state index is 12.2. The number of hydrogen-bond donors (Lipinski definition) is 7. The van der Waals surface area contributed by atoms with Crippen molar-refractivity contribution in [1.29, 1.82) is 0 Å². The molecule has 11 nitrogen and oxygen atoms in total. The molecular weight excluding hydrogens is 428 g/mol. The van der Waals surface area contributed by atoms with Gasteiger partial charge in [-0.2, -0.15) is 0 Å². The van der Waals surface area contributed by atoms with Crippen molar-refractivity contribution in [1.82, 2.24) is 0 Å². The standard InChI is InChI=1S/C21H24O11/c22-6-5-10-1-3-12(4-2-10)31-21-19(28)18(27)17(26)15(32-21)9-30-20(29)11-7-13(23)16(25)14(24)8-11/h1-4,7-8,15,17-19,21-28H,5-6,9H2. The second-order valence-corrected chi connectivity index (χ2v) is 7.21. The van der Waals surface area contributed by atoms with Crippen LogP contribution in [0, 0.1) is 0 Å². The molecule has 1 aliphatic heterocycles. The van der Waals surface area contributed by atoms with E-state index in [2.05, 4.69) is 0 Å². The first-order valence-electron chi connectivity index (χ1n) is 9.69. The van der Waals surface area contributed by atoms with Gasteiger partial charge in [0.2, 0.25) is 6.29 Å². The minimum atomic E-state index is -1.66. The molecule has 0 aromatic heterocycles. The molecule has 0 aliphatic carbocycles. The molecule has 5 unspecified atom stereocenters. The van der Waals surface area contributed by atoms with Crippen LogP contribution in [0.25, 0.3) is 0 Å². The van der Waals surface area contributed by atoms with Gasteiger partial charge >= 0.3 is 5.97 Å². The maximum atomic E-state index is 12.2. The van der Waals surface area contributed by atoms with Gasteiger partial charge in [-0.25, -0.2) is 4.79 Å². The van der Waals surface area contributed by atoms with E-state index >= 15 is 0 Å². The fraction of sp³-hybridized carbons (Fsp3) is 0.381. The molecule has 0 bridgehead atoms. The third-order valence-corrected chi connectivity index (χ3v) is 4.93. The van der Waals surface area contributed by atoms with Crippen LogP contribution in [0.3, 0.4) is 0 Å². The fourth-order valence-electron chi connectivity index (χ4n) is 3.11. The topological polar surface area (TPSA) is 186 Å². The summed E-state index contributed by atoms with van der Waals surface area (Å²) in [6.07, 6.45) is -7.06. The van der Waals surface area contributed by atoms with E-state index in [4.69, 9.17) is 19.3 Å². The summed E-state index contributed by atoms with van der Waals surface area (Å²) in [4.78, 5) is 12.2. The summed E-state index contributed by atoms with van der Waals surface area (Å²) in [5, 5.41) is 67.8. The zero-order valence-corrected chi connectivity index (χ0v) is 16.7. The predicted molar refractivity (Wildman–Crippen MR) is 106 cm³/mol. The van der Waals surface area contributed by atoms with E-state index in [0.29, 0.717) is 12.2 Å². The van der Waals surface area contributed by atoms with Crippen molar-refractivity contribution in [3.8, 4) is 23.0 Å². The molecule has 0 spiro atoms. The molecule has 32 heavy (non-hydrogen) atoms. The second-order valence-electron chi connectivity index (χ2n) is 7.21. The predicted octanol–water partition coefficient (Wildman–Crippen LogP) is -0.618. The summed E-state index contributed by atoms with van der Waals surface area (Å²) < 4.78 is 16.0. The van der Waals surface area contributed by atoms with Gasteiger partial charge in [0.15, 0.2) is 17.2 Å². The van der Waals surface area contributed by atoms with Gasteiger partial charge in [-0.05, 0) is 36.2 Å². The van der Waals surface area contributed by atoms with E-state index in [1.165, 1.54) is 0 Å². The molecule has 0 saturated carbocycles. The van der Waals surface area contributed by atoms with Crippen LogP contribution in [-0.2, 0) is 15.9 Å². The van der Waals surface area contributed by atoms with Crippen molar-refractivity contribution in [3.05, 3.63) is 47.5 Å². The number of ether oxygens (including phenoxy) is 3. The highest BCUT2D eigenvalue weighted by Crippen LogP contribution is 2.35. The summed E-state index contributed by atoms with van der Waals surface area (Å²) in [6.45, 7) is -0.569. The molecule has 0 radical (unpaired) electrons. The number of benzene rings is 2. The Bertz CT molecular complexity index is 907. The molecule has 0 amide bonds. The van der Waals surface area contributed by atoms with Crippen LogP contribution < -0.4 is 4.74 Å². The van der Waals surface area contributed by atoms with E-state index in [-0.39, 0.29) is 12.2 Å². The fourth-order valence-corrected chi connectivity index (χ4v) is 3.11. The number of rotatable bonds is 7. The van der Waals surface area contributed by atoms with E-state index in [1.54, 1.807) is 24.3 Å². The molecule has 2 aromatic rings. The number of esters is 1. The van der Waals surface area contributed by atoms with Crippen molar-refractivity contribution in [2.24, 2.45) is 0 Å². The first-order valence-corrected chi connectivity index (χ1v) is 9.69. The Morgan fingerprint density at radius 3 is 2.16 bits per heavy atom. The van der Waals surface area contributed by atoms with Gasteiger partial charge in [0, 0.05) is 6.61 Å². The number of carbonyl (C=O) groups excluding carboxylic acids is 1. The lowest BCUT2D eigenvalue weighted by Crippen LogP contribution is -2.60. The quantitative estimate of drug-likeness (QED) is 0.210. The van der Waals surface area contributed by atoms with Crippen LogP contribution in [0.2, 0.25) is 0 Å². The van der Waals surface area contributed by atoms with Crippen LogP contribution in [0.5, 0.6) is 23.0 Å². The summed E-state index contributed by atoms with van der Waals surface area (Å²) in [5.41, 5.74) is 0.580. The molecule has 174 valence electrons. The summed E-state index contributed by atoms with van der Waals surface area (Å²) >= 11 is 0. The third-order valence-electron chi connectivity index (χ3n) is 4.93. The zero-order valence-electron chi connectivity index (χ0n) is 16.7. The first kappa shape index (κ1) is 23.6. The van der Waals surface area contributed by atoms with E-state index in [9.17, 15) is 35.4 Å². The van der Waals surface area contributed by atoms with Gasteiger partial charge in [0.25, 0.3) is 0 Å². The average Bonchev–Trinajstić information content (AvgIpc) is 2.77. The minimum absolute atomic E-state index is 0.0154. The van der Waals surface area contributed by atoms with Crippen LogP contribution in [0.1, 0.15) is 15.9 Å². The highest BCUT2D eigenvalue weighted by molar-refractivity contribution is 5.91. The molecule has 1 heterocycles. The van der Waals surface area contributed by atoms with Crippen molar-refractivity contribution < 1.29 is 54.8 Å². The lowest BCUT2D eigenvalue weighted by atomic mass is 9.99. The minimum Gasteiger partial charge on any atom is -0.504 e. The normalized spacial score (nSPS) is 25.3. The summed E-state index contributed by atoms with van der Waals surface area (Å²) in [6, 6.07) is 8.32. The maximum Gasteiger partial charge on any atom is 0.338 e. The smallest absolute Gasteiger partial charge is 0.338 e. The Morgan fingerprint density at radius 2 is 1.56 bits per heavy atom. The van der Waals surface area contributed by atoms with Crippen LogP contribution in [0.4, 0.5) is 0 Å². The van der Waals surface area contributed by atoms with Gasteiger partial charge in [-0.15, -0.1) is 0 Å². The second kappa shape index (κ2) is 10.0. The highest BCUT2D eigenvalue weighted by Gasteiger charge is 2.45. The molecule has 7 N–H and O–H groups in total. The van der Waals surface area contributed by atoms with Crippen molar-refractivity contribution in [3.63, 3.8) is 0 Å². The van der Waals surface area contributed by atoms with Crippen LogP contribution in [-0.4, -0.2) is 85.6 Å². The molecule has 1 aliphatic rings. The van der Waals surface area contributed by atoms with E-state index < -0.39 is 60.5 Å². The van der Waals surface area contributed by atoms with Crippen molar-refractivity contribution in [2.45, 2.75) is 37.1 Å². The molecule has 11 heteroatoms. The Labute approximate surface area is 182 Å². The van der Waals surface area contributed by atoms with Crippen molar-refractivity contribution in [2.75, 3.05) is 13.2 Å². The monoisotopic (exact) mass is 452 g/mol. The van der Waals surface area contributed by atoms with Gasteiger partial charge in [0.05, 0.1) is 5.56 Å². The molecule has 3 rings (SSSR count). The molecule has 1 saturated heterocycles. The van der Waals surface area contributed by atoms with Gasteiger partial charge in [0.1, 0.15) is 36.8 Å². The number of aromatic hydroxyl groups is 3. The molecule has 2 aromatic carbocycles. The van der Waals surface area contributed by atoms with Gasteiger partial charge < -0.3 is 50.0 Å². The molecular formula is C21H24O11. The average molecular weight is 452 g/mol. The van der Waals surface area contributed by atoms with Crippen LogP contribution >= 0.6 is 0 Å². The van der Waals surface area contributed by atoms with Crippen LogP contribution in [0.15, 0.2) is 36.4 Å². The van der Waals surface area contributed by atoms with Gasteiger partial charge in [-0.3, -0.25) is 0 Å². The third kappa shape index (κ3) is 5.21. The van der Waals surface area contributed by atoms with E-state index in [0.717, 1.165) is 17.7 Å². The Balaban J connectivity index is 1.65. The largest absolute Gasteiger partial charge is 0.504 e. The highest BCUT2D eigenvalue weighted by atomic mass is 16.7. The number of hydrogen-bond acceptors (Lipinski definition) is 11. The number of aliphatic hydroxyl groups is 4. The Kier molecular flexibility index (Phi) is 7.38. The first-order chi connectivity index (χ1) is 15.2. The molecule has 1 fully saturated rings. The number of phenolic OH excluding ortho intramolecular Hbond substituents is 3. The number of aliphatic hydroxyl groups excluding tert-OH is 4. The lowest BCUT2D eigenvalue weighted by molar-refractivity contribution is -0.277. The SMILES string of the molecule is O=C(OCC1OC(Oc2ccc(CCO)cc2)C(O)C(O)C1O)c1cc(O)c(O)c(O)c1.